The zero-order chi connectivity index (χ0) is 33.2. The Bertz CT molecular complexity index is 2990. The molecule has 4 nitrogen and oxygen atoms in total. The van der Waals surface area contributed by atoms with Crippen LogP contribution < -0.4 is 0 Å². The first-order chi connectivity index (χ1) is 24.7. The van der Waals surface area contributed by atoms with E-state index < -0.39 is 0 Å². The highest BCUT2D eigenvalue weighted by molar-refractivity contribution is 7.25. The van der Waals surface area contributed by atoms with Gasteiger partial charge in [0.25, 0.3) is 0 Å². The predicted molar refractivity (Wildman–Crippen MR) is 208 cm³/mol. The molecule has 0 aliphatic heterocycles. The summed E-state index contributed by atoms with van der Waals surface area (Å²) >= 11 is 1.81. The maximum absolute atomic E-state index is 11.0. The van der Waals surface area contributed by atoms with Crippen molar-refractivity contribution < 1.29 is 0 Å². The fourth-order valence-electron chi connectivity index (χ4n) is 7.36. The SMILES string of the molecule is N#Cc1c(-c2ccc3ccccc3c2)nc(-c2ccccc2)nc1-c1cccc2c1c1cc3sc4ccccc4c3cc1n2-c1ccccc1. The van der Waals surface area contributed by atoms with Crippen LogP contribution in [0, 0.1) is 11.3 Å². The van der Waals surface area contributed by atoms with Crippen molar-refractivity contribution in [3.8, 4) is 45.7 Å². The fourth-order valence-corrected chi connectivity index (χ4v) is 8.49. The van der Waals surface area contributed by atoms with Gasteiger partial charge in [-0.15, -0.1) is 11.3 Å². The van der Waals surface area contributed by atoms with Crippen molar-refractivity contribution in [2.24, 2.45) is 0 Å². The minimum absolute atomic E-state index is 0.455. The van der Waals surface area contributed by atoms with Crippen LogP contribution in [0.5, 0.6) is 0 Å². The summed E-state index contributed by atoms with van der Waals surface area (Å²) in [5.74, 6) is 0.582. The van der Waals surface area contributed by atoms with Crippen molar-refractivity contribution >= 4 is 64.1 Å². The van der Waals surface area contributed by atoms with Gasteiger partial charge >= 0.3 is 0 Å². The quantitative estimate of drug-likeness (QED) is 0.190. The third kappa shape index (κ3) is 4.36. The number of nitrogens with zero attached hydrogens (tertiary/aromatic N) is 4. The summed E-state index contributed by atoms with van der Waals surface area (Å²) in [6, 6.07) is 57.3. The monoisotopic (exact) mass is 654 g/mol. The van der Waals surface area contributed by atoms with E-state index in [4.69, 9.17) is 9.97 Å². The lowest BCUT2D eigenvalue weighted by molar-refractivity contribution is 1.17. The van der Waals surface area contributed by atoms with Crippen LogP contribution in [0.2, 0.25) is 0 Å². The Kier molecular flexibility index (Phi) is 6.38. The molecular weight excluding hydrogens is 629 g/mol. The Hall–Kier alpha value is -6.61. The highest BCUT2D eigenvalue weighted by Crippen LogP contribution is 2.44. The summed E-state index contributed by atoms with van der Waals surface area (Å²) in [7, 11) is 0. The zero-order valence-corrected chi connectivity index (χ0v) is 27.5. The standard InChI is InChI=1S/C45H26N4S/c46-27-37-43(31-23-22-28-12-7-8-15-30(28)24-31)47-45(29-13-3-1-4-14-29)48-44(37)34-19-11-20-38-42(34)36-26-41-35(33-18-9-10-21-40(33)50-41)25-39(36)49(38)32-16-5-2-6-17-32/h1-26H. The van der Waals surface area contributed by atoms with Gasteiger partial charge in [-0.05, 0) is 53.2 Å². The molecule has 0 amide bonds. The Morgan fingerprint density at radius 1 is 0.520 bits per heavy atom. The minimum Gasteiger partial charge on any atom is -0.309 e. The molecule has 10 aromatic rings. The maximum Gasteiger partial charge on any atom is 0.160 e. The van der Waals surface area contributed by atoms with E-state index in [0.717, 1.165) is 55.0 Å². The normalized spacial score (nSPS) is 11.6. The van der Waals surface area contributed by atoms with Crippen LogP contribution in [0.15, 0.2) is 158 Å². The van der Waals surface area contributed by atoms with Gasteiger partial charge in [-0.3, -0.25) is 0 Å². The van der Waals surface area contributed by atoms with Crippen molar-refractivity contribution in [1.82, 2.24) is 14.5 Å². The van der Waals surface area contributed by atoms with Gasteiger partial charge in [0.2, 0.25) is 0 Å². The molecule has 3 aromatic heterocycles. The van der Waals surface area contributed by atoms with Crippen LogP contribution >= 0.6 is 11.3 Å². The smallest absolute Gasteiger partial charge is 0.160 e. The number of hydrogen-bond donors (Lipinski definition) is 0. The van der Waals surface area contributed by atoms with E-state index in [2.05, 4.69) is 120 Å². The van der Waals surface area contributed by atoms with Crippen molar-refractivity contribution in [3.05, 3.63) is 163 Å². The highest BCUT2D eigenvalue weighted by Gasteiger charge is 2.24. The summed E-state index contributed by atoms with van der Waals surface area (Å²) < 4.78 is 4.84. The van der Waals surface area contributed by atoms with Crippen LogP contribution in [0.1, 0.15) is 5.56 Å². The Morgan fingerprint density at radius 3 is 2.10 bits per heavy atom. The summed E-state index contributed by atoms with van der Waals surface area (Å²) in [6.45, 7) is 0. The first-order valence-corrected chi connectivity index (χ1v) is 17.4. The summed E-state index contributed by atoms with van der Waals surface area (Å²) in [5, 5.41) is 17.9. The lowest BCUT2D eigenvalue weighted by atomic mass is 9.96. The summed E-state index contributed by atoms with van der Waals surface area (Å²) in [4.78, 5) is 10.3. The van der Waals surface area contributed by atoms with Crippen molar-refractivity contribution in [2.45, 2.75) is 0 Å². The van der Waals surface area contributed by atoms with Crippen LogP contribution in [-0.2, 0) is 0 Å². The van der Waals surface area contributed by atoms with Crippen molar-refractivity contribution in [2.75, 3.05) is 0 Å². The summed E-state index contributed by atoms with van der Waals surface area (Å²) in [5.41, 5.74) is 7.63. The third-order valence-corrected chi connectivity index (χ3v) is 10.8. The number of para-hydroxylation sites is 1. The molecule has 0 N–H and O–H groups in total. The van der Waals surface area contributed by atoms with Crippen molar-refractivity contribution in [3.63, 3.8) is 0 Å². The topological polar surface area (TPSA) is 54.5 Å². The van der Waals surface area contributed by atoms with Crippen LogP contribution in [0.25, 0.3) is 92.3 Å². The van der Waals surface area contributed by atoms with Gasteiger partial charge < -0.3 is 4.57 Å². The second-order valence-electron chi connectivity index (χ2n) is 12.5. The van der Waals surface area contributed by atoms with E-state index in [0.29, 0.717) is 22.8 Å². The van der Waals surface area contributed by atoms with E-state index in [1.807, 2.05) is 59.9 Å². The molecule has 10 rings (SSSR count). The molecule has 0 radical (unpaired) electrons. The lowest BCUT2D eigenvalue weighted by Gasteiger charge is -2.14. The average molecular weight is 655 g/mol. The minimum atomic E-state index is 0.455. The molecular formula is C45H26N4S. The fraction of sp³-hybridized carbons (Fsp3) is 0. The Morgan fingerprint density at radius 2 is 1.26 bits per heavy atom. The number of thiophene rings is 1. The van der Waals surface area contributed by atoms with Gasteiger partial charge in [0.05, 0.1) is 22.4 Å². The number of fused-ring (bicyclic) bond motifs is 7. The van der Waals surface area contributed by atoms with E-state index in [1.165, 1.54) is 20.2 Å². The van der Waals surface area contributed by atoms with Crippen LogP contribution in [0.3, 0.4) is 0 Å². The Balaban J connectivity index is 1.34. The first-order valence-electron chi connectivity index (χ1n) is 16.6. The second-order valence-corrected chi connectivity index (χ2v) is 13.6. The van der Waals surface area contributed by atoms with Crippen LogP contribution in [-0.4, -0.2) is 14.5 Å². The van der Waals surface area contributed by atoms with Gasteiger partial charge in [-0.2, -0.15) is 5.26 Å². The molecule has 0 saturated heterocycles. The molecule has 0 aliphatic carbocycles. The van der Waals surface area contributed by atoms with E-state index in [9.17, 15) is 5.26 Å². The molecule has 0 atom stereocenters. The van der Waals surface area contributed by atoms with E-state index in [1.54, 1.807) is 0 Å². The number of hydrogen-bond acceptors (Lipinski definition) is 4. The molecule has 50 heavy (non-hydrogen) atoms. The highest BCUT2D eigenvalue weighted by atomic mass is 32.1. The average Bonchev–Trinajstić information content (AvgIpc) is 3.71. The zero-order valence-electron chi connectivity index (χ0n) is 26.7. The largest absolute Gasteiger partial charge is 0.309 e. The molecule has 0 fully saturated rings. The second kappa shape index (κ2) is 11.2. The predicted octanol–water partition coefficient (Wildman–Crippen LogP) is 12.0. The van der Waals surface area contributed by atoms with Crippen molar-refractivity contribution in [1.29, 1.82) is 5.26 Å². The van der Waals surface area contributed by atoms with Gasteiger partial charge in [-0.1, -0.05) is 115 Å². The molecule has 0 unspecified atom stereocenters. The molecule has 3 heterocycles. The first kappa shape index (κ1) is 28.4. The number of nitriles is 1. The maximum atomic E-state index is 11.0. The molecule has 5 heteroatoms. The van der Waals surface area contributed by atoms with Gasteiger partial charge in [0.1, 0.15) is 11.6 Å². The summed E-state index contributed by atoms with van der Waals surface area (Å²) in [6.07, 6.45) is 0. The number of rotatable bonds is 4. The molecule has 0 spiro atoms. The molecule has 0 saturated carbocycles. The Labute approximate surface area is 291 Å². The van der Waals surface area contributed by atoms with E-state index >= 15 is 0 Å². The molecule has 0 aliphatic rings. The lowest BCUT2D eigenvalue weighted by Crippen LogP contribution is -2.01. The van der Waals surface area contributed by atoms with Crippen LogP contribution in [0.4, 0.5) is 0 Å². The molecule has 0 bridgehead atoms. The van der Waals surface area contributed by atoms with Gasteiger partial charge in [-0.25, -0.2) is 9.97 Å². The molecule has 232 valence electrons. The number of benzene rings is 7. The van der Waals surface area contributed by atoms with E-state index in [-0.39, 0.29) is 0 Å². The van der Waals surface area contributed by atoms with Gasteiger partial charge in [0.15, 0.2) is 5.82 Å². The third-order valence-electron chi connectivity index (χ3n) is 9.63. The molecule has 7 aromatic carbocycles. The van der Waals surface area contributed by atoms with Gasteiger partial charge in [0, 0.05) is 53.3 Å². The number of aromatic nitrogens is 3.